The number of esters is 1. The van der Waals surface area contributed by atoms with Crippen LogP contribution in [0.3, 0.4) is 0 Å². The van der Waals surface area contributed by atoms with Gasteiger partial charge in [0.25, 0.3) is 5.91 Å². The molecule has 1 aromatic rings. The average Bonchev–Trinajstić information content (AvgIpc) is 2.43. The second-order valence-electron chi connectivity index (χ2n) is 4.05. The fraction of sp³-hybridized carbons (Fsp3) is 0.200. The molecule has 0 saturated heterocycles. The van der Waals surface area contributed by atoms with E-state index in [1.165, 1.54) is 19.1 Å². The van der Waals surface area contributed by atoms with Crippen LogP contribution in [0.5, 0.6) is 0 Å². The van der Waals surface area contributed by atoms with Crippen LogP contribution in [0.4, 0.5) is 14.5 Å². The standard InChI is InChI=1S/C15H15F2NO3/c1-3-4-5-9-13(19)21-10(2)15(20)18-14-11(16)7-6-8-12(14)17/h3-10H,1-2H3,(H,18,20)/b4-3+,9-5+. The quantitative estimate of drug-likeness (QED) is 0.516. The average molecular weight is 295 g/mol. The number of ether oxygens (including phenoxy) is 1. The Kier molecular flexibility index (Phi) is 6.26. The lowest BCUT2D eigenvalue weighted by Crippen LogP contribution is -2.30. The summed E-state index contributed by atoms with van der Waals surface area (Å²) >= 11 is 0. The minimum absolute atomic E-state index is 0.574. The van der Waals surface area contributed by atoms with Gasteiger partial charge < -0.3 is 10.1 Å². The molecule has 1 aromatic carbocycles. The van der Waals surface area contributed by atoms with Crippen molar-refractivity contribution >= 4 is 17.6 Å². The van der Waals surface area contributed by atoms with Crippen molar-refractivity contribution in [1.29, 1.82) is 0 Å². The van der Waals surface area contributed by atoms with E-state index < -0.39 is 35.3 Å². The van der Waals surface area contributed by atoms with E-state index >= 15 is 0 Å². The second kappa shape index (κ2) is 7.94. The molecule has 0 aliphatic carbocycles. The highest BCUT2D eigenvalue weighted by atomic mass is 19.1. The van der Waals surface area contributed by atoms with Crippen molar-refractivity contribution in [2.75, 3.05) is 5.32 Å². The Hall–Kier alpha value is -2.50. The smallest absolute Gasteiger partial charge is 0.331 e. The van der Waals surface area contributed by atoms with Crippen molar-refractivity contribution in [3.8, 4) is 0 Å². The van der Waals surface area contributed by atoms with Crippen LogP contribution in [-0.4, -0.2) is 18.0 Å². The Morgan fingerprint density at radius 3 is 2.43 bits per heavy atom. The molecule has 6 heteroatoms. The first kappa shape index (κ1) is 16.6. The summed E-state index contributed by atoms with van der Waals surface area (Å²) in [5.74, 6) is -3.37. The number of anilines is 1. The number of amides is 1. The molecule has 21 heavy (non-hydrogen) atoms. The van der Waals surface area contributed by atoms with Crippen LogP contribution in [0.15, 0.2) is 42.5 Å². The molecule has 0 bridgehead atoms. The number of halogens is 2. The lowest BCUT2D eigenvalue weighted by molar-refractivity contribution is -0.148. The maximum Gasteiger partial charge on any atom is 0.331 e. The molecule has 0 saturated carbocycles. The van der Waals surface area contributed by atoms with Gasteiger partial charge in [-0.15, -0.1) is 0 Å². The van der Waals surface area contributed by atoms with Gasteiger partial charge in [-0.3, -0.25) is 4.79 Å². The zero-order valence-electron chi connectivity index (χ0n) is 11.6. The maximum absolute atomic E-state index is 13.4. The molecule has 0 aromatic heterocycles. The number of nitrogens with one attached hydrogen (secondary N) is 1. The third kappa shape index (κ3) is 5.18. The molecule has 1 N–H and O–H groups in total. The number of rotatable bonds is 5. The molecule has 0 aliphatic heterocycles. The normalized spacial score (nSPS) is 12.6. The van der Waals surface area contributed by atoms with Gasteiger partial charge in [-0.2, -0.15) is 0 Å². The van der Waals surface area contributed by atoms with Crippen molar-refractivity contribution in [2.24, 2.45) is 0 Å². The third-order valence-electron chi connectivity index (χ3n) is 2.41. The Morgan fingerprint density at radius 2 is 1.86 bits per heavy atom. The monoisotopic (exact) mass is 295 g/mol. The molecule has 0 spiro atoms. The van der Waals surface area contributed by atoms with Crippen molar-refractivity contribution in [3.05, 3.63) is 54.1 Å². The van der Waals surface area contributed by atoms with Crippen LogP contribution in [0, 0.1) is 11.6 Å². The molecule has 1 amide bonds. The van der Waals surface area contributed by atoms with Crippen LogP contribution in [0.25, 0.3) is 0 Å². The summed E-state index contributed by atoms with van der Waals surface area (Å²) in [6, 6.07) is 3.19. The van der Waals surface area contributed by atoms with Crippen molar-refractivity contribution in [1.82, 2.24) is 0 Å². The van der Waals surface area contributed by atoms with Gasteiger partial charge in [-0.05, 0) is 26.0 Å². The van der Waals surface area contributed by atoms with Gasteiger partial charge in [-0.25, -0.2) is 13.6 Å². The highest BCUT2D eigenvalue weighted by Gasteiger charge is 2.19. The van der Waals surface area contributed by atoms with Crippen molar-refractivity contribution in [2.45, 2.75) is 20.0 Å². The van der Waals surface area contributed by atoms with Gasteiger partial charge in [0.2, 0.25) is 0 Å². The van der Waals surface area contributed by atoms with E-state index in [9.17, 15) is 18.4 Å². The summed E-state index contributed by atoms with van der Waals surface area (Å²) in [6.45, 7) is 3.07. The number of allylic oxidation sites excluding steroid dienone is 3. The van der Waals surface area contributed by atoms with Crippen LogP contribution in [0.2, 0.25) is 0 Å². The number of carbonyl (C=O) groups excluding carboxylic acids is 2. The van der Waals surface area contributed by atoms with Crippen molar-refractivity contribution in [3.63, 3.8) is 0 Å². The predicted molar refractivity (Wildman–Crippen MR) is 74.5 cm³/mol. The van der Waals surface area contributed by atoms with Gasteiger partial charge in [0.1, 0.15) is 17.3 Å². The van der Waals surface area contributed by atoms with Crippen LogP contribution in [-0.2, 0) is 14.3 Å². The molecule has 1 unspecified atom stereocenters. The van der Waals surface area contributed by atoms with Gasteiger partial charge in [0, 0.05) is 6.08 Å². The predicted octanol–water partition coefficient (Wildman–Crippen LogP) is 2.97. The first-order valence-electron chi connectivity index (χ1n) is 6.20. The van der Waals surface area contributed by atoms with E-state index in [0.29, 0.717) is 0 Å². The summed E-state index contributed by atoms with van der Waals surface area (Å²) in [5, 5.41) is 2.05. The fourth-order valence-electron chi connectivity index (χ4n) is 1.35. The summed E-state index contributed by atoms with van der Waals surface area (Å²) in [6.07, 6.45) is 4.71. The Balaban J connectivity index is 2.65. The number of hydrogen-bond acceptors (Lipinski definition) is 3. The van der Waals surface area contributed by atoms with Gasteiger partial charge in [-0.1, -0.05) is 24.3 Å². The highest BCUT2D eigenvalue weighted by Crippen LogP contribution is 2.18. The fourth-order valence-corrected chi connectivity index (χ4v) is 1.35. The van der Waals surface area contributed by atoms with Crippen LogP contribution in [0.1, 0.15) is 13.8 Å². The van der Waals surface area contributed by atoms with E-state index in [4.69, 9.17) is 4.74 Å². The third-order valence-corrected chi connectivity index (χ3v) is 2.41. The molecular formula is C15H15F2NO3. The number of para-hydroxylation sites is 1. The van der Waals surface area contributed by atoms with Crippen LogP contribution >= 0.6 is 0 Å². The topological polar surface area (TPSA) is 55.4 Å². The molecular weight excluding hydrogens is 280 g/mol. The molecule has 0 fully saturated rings. The van der Waals surface area contributed by atoms with E-state index in [1.54, 1.807) is 19.1 Å². The van der Waals surface area contributed by atoms with Gasteiger partial charge in [0.15, 0.2) is 6.10 Å². The Morgan fingerprint density at radius 1 is 1.24 bits per heavy atom. The first-order valence-corrected chi connectivity index (χ1v) is 6.20. The number of hydrogen-bond donors (Lipinski definition) is 1. The van der Waals surface area contributed by atoms with E-state index in [2.05, 4.69) is 0 Å². The minimum Gasteiger partial charge on any atom is -0.449 e. The molecule has 0 aliphatic rings. The SMILES string of the molecule is C/C=C/C=C/C(=O)OC(C)C(=O)Nc1c(F)cccc1F. The molecule has 1 rings (SSSR count). The number of benzene rings is 1. The first-order chi connectivity index (χ1) is 9.95. The molecule has 112 valence electrons. The van der Waals surface area contributed by atoms with E-state index in [0.717, 1.165) is 18.2 Å². The zero-order chi connectivity index (χ0) is 15.8. The molecule has 1 atom stereocenters. The van der Waals surface area contributed by atoms with E-state index in [1.807, 2.05) is 5.32 Å². The van der Waals surface area contributed by atoms with Crippen LogP contribution < -0.4 is 5.32 Å². The molecule has 0 radical (unpaired) electrons. The maximum atomic E-state index is 13.4. The van der Waals surface area contributed by atoms with Crippen molar-refractivity contribution < 1.29 is 23.1 Å². The van der Waals surface area contributed by atoms with Gasteiger partial charge >= 0.3 is 5.97 Å². The molecule has 0 heterocycles. The summed E-state index contributed by atoms with van der Waals surface area (Å²) in [4.78, 5) is 23.1. The molecule has 4 nitrogen and oxygen atoms in total. The highest BCUT2D eigenvalue weighted by molar-refractivity contribution is 5.96. The van der Waals surface area contributed by atoms with E-state index in [-0.39, 0.29) is 0 Å². The Bertz CT molecular complexity index is 562. The Labute approximate surface area is 121 Å². The lowest BCUT2D eigenvalue weighted by atomic mass is 10.2. The largest absolute Gasteiger partial charge is 0.449 e. The minimum atomic E-state index is -1.19. The van der Waals surface area contributed by atoms with Gasteiger partial charge in [0.05, 0.1) is 0 Å². The number of carbonyl (C=O) groups is 2. The summed E-state index contributed by atoms with van der Waals surface area (Å²) < 4.78 is 31.5. The summed E-state index contributed by atoms with van der Waals surface area (Å²) in [7, 11) is 0. The second-order valence-corrected chi connectivity index (χ2v) is 4.05. The lowest BCUT2D eigenvalue weighted by Gasteiger charge is -2.13. The zero-order valence-corrected chi connectivity index (χ0v) is 11.6. The summed E-state index contributed by atoms with van der Waals surface area (Å²) in [5.41, 5.74) is -0.574.